The molecule has 1 fully saturated rings. The molecule has 1 amide bonds. The third-order valence-corrected chi connectivity index (χ3v) is 3.57. The zero-order valence-corrected chi connectivity index (χ0v) is 13.9. The molecule has 0 saturated carbocycles. The summed E-state index contributed by atoms with van der Waals surface area (Å²) in [5, 5.41) is 6.04. The number of carbonyl (C=O) groups excluding carboxylic acids is 1. The Hall–Kier alpha value is -1.77. The third-order valence-electron chi connectivity index (χ3n) is 3.57. The van der Waals surface area contributed by atoms with Gasteiger partial charge in [-0.3, -0.25) is 9.69 Å². The van der Waals surface area contributed by atoms with E-state index in [4.69, 9.17) is 4.74 Å². The molecule has 1 aliphatic rings. The van der Waals surface area contributed by atoms with Crippen molar-refractivity contribution in [2.24, 2.45) is 0 Å². The van der Waals surface area contributed by atoms with Gasteiger partial charge in [0, 0.05) is 39.3 Å². The topological polar surface area (TPSA) is 82.6 Å². The Balaban J connectivity index is 1.70. The third kappa shape index (κ3) is 6.47. The minimum absolute atomic E-state index is 0.195. The van der Waals surface area contributed by atoms with Crippen LogP contribution < -0.4 is 10.6 Å². The highest BCUT2D eigenvalue weighted by Crippen LogP contribution is 2.02. The molecule has 2 rings (SSSR count). The maximum atomic E-state index is 11.9. The van der Waals surface area contributed by atoms with Crippen molar-refractivity contribution < 1.29 is 9.53 Å². The minimum atomic E-state index is -0.195. The van der Waals surface area contributed by atoms with Crippen LogP contribution in [0.3, 0.4) is 0 Å². The van der Waals surface area contributed by atoms with Crippen molar-refractivity contribution >= 4 is 11.7 Å². The number of likely N-dealkylation sites (N-methyl/N-ethyl adjacent to an activating group) is 1. The molecule has 128 valence electrons. The molecular weight excluding hydrogens is 296 g/mol. The van der Waals surface area contributed by atoms with E-state index >= 15 is 0 Å². The van der Waals surface area contributed by atoms with Gasteiger partial charge in [0.15, 0.2) is 0 Å². The SMILES string of the molecule is CN(C)CCNC(=O)c1cnc(NCCN2CCOCC2)cn1. The Kier molecular flexibility index (Phi) is 7.18. The highest BCUT2D eigenvalue weighted by Gasteiger charge is 2.10. The Labute approximate surface area is 137 Å². The molecule has 1 saturated heterocycles. The number of amides is 1. The lowest BCUT2D eigenvalue weighted by molar-refractivity contribution is 0.0398. The van der Waals surface area contributed by atoms with Crippen LogP contribution in [-0.2, 0) is 4.74 Å². The maximum absolute atomic E-state index is 11.9. The summed E-state index contributed by atoms with van der Waals surface area (Å²) >= 11 is 0. The first kappa shape index (κ1) is 17.6. The van der Waals surface area contributed by atoms with E-state index in [1.165, 1.54) is 6.20 Å². The molecule has 2 heterocycles. The van der Waals surface area contributed by atoms with Gasteiger partial charge in [-0.2, -0.15) is 0 Å². The Bertz CT molecular complexity index is 473. The molecule has 8 heteroatoms. The summed E-state index contributed by atoms with van der Waals surface area (Å²) in [4.78, 5) is 24.6. The number of carbonyl (C=O) groups is 1. The molecule has 0 radical (unpaired) electrons. The van der Waals surface area contributed by atoms with Crippen LogP contribution in [0.5, 0.6) is 0 Å². The molecule has 0 aliphatic carbocycles. The predicted octanol–water partition coefficient (Wildman–Crippen LogP) is -0.488. The quantitative estimate of drug-likeness (QED) is 0.668. The Morgan fingerprint density at radius 2 is 2.04 bits per heavy atom. The molecule has 1 aliphatic heterocycles. The summed E-state index contributed by atoms with van der Waals surface area (Å²) in [5.41, 5.74) is 0.336. The standard InChI is InChI=1S/C15H26N6O2/c1-20(2)5-3-17-15(22)13-11-19-14(12-18-13)16-4-6-21-7-9-23-10-8-21/h11-12H,3-10H2,1-2H3,(H,16,19)(H,17,22). The average Bonchev–Trinajstić information content (AvgIpc) is 2.56. The van der Waals surface area contributed by atoms with E-state index in [9.17, 15) is 4.79 Å². The van der Waals surface area contributed by atoms with E-state index in [0.29, 0.717) is 18.1 Å². The normalized spacial score (nSPS) is 15.6. The van der Waals surface area contributed by atoms with E-state index in [-0.39, 0.29) is 5.91 Å². The monoisotopic (exact) mass is 322 g/mol. The number of aromatic nitrogens is 2. The molecule has 0 aromatic carbocycles. The second-order valence-electron chi connectivity index (χ2n) is 5.73. The lowest BCUT2D eigenvalue weighted by Gasteiger charge is -2.26. The molecular formula is C15H26N6O2. The van der Waals surface area contributed by atoms with Crippen LogP contribution in [0.4, 0.5) is 5.82 Å². The molecule has 0 unspecified atom stereocenters. The van der Waals surface area contributed by atoms with Crippen LogP contribution in [0, 0.1) is 0 Å². The number of anilines is 1. The second-order valence-corrected chi connectivity index (χ2v) is 5.73. The van der Waals surface area contributed by atoms with Crippen LogP contribution in [0.25, 0.3) is 0 Å². The van der Waals surface area contributed by atoms with Crippen LogP contribution in [0.1, 0.15) is 10.5 Å². The fraction of sp³-hybridized carbons (Fsp3) is 0.667. The molecule has 23 heavy (non-hydrogen) atoms. The Morgan fingerprint density at radius 3 is 2.70 bits per heavy atom. The van der Waals surface area contributed by atoms with Gasteiger partial charge in [-0.15, -0.1) is 0 Å². The largest absolute Gasteiger partial charge is 0.379 e. The lowest BCUT2D eigenvalue weighted by Crippen LogP contribution is -2.39. The van der Waals surface area contributed by atoms with Crippen LogP contribution in [0.15, 0.2) is 12.4 Å². The molecule has 1 aromatic heterocycles. The average molecular weight is 322 g/mol. The van der Waals surface area contributed by atoms with Gasteiger partial charge in [-0.25, -0.2) is 9.97 Å². The lowest BCUT2D eigenvalue weighted by atomic mass is 10.4. The van der Waals surface area contributed by atoms with Crippen LogP contribution in [0.2, 0.25) is 0 Å². The van der Waals surface area contributed by atoms with Gasteiger partial charge in [0.1, 0.15) is 11.5 Å². The molecule has 1 aromatic rings. The number of rotatable bonds is 8. The van der Waals surface area contributed by atoms with E-state index in [0.717, 1.165) is 45.9 Å². The van der Waals surface area contributed by atoms with Gasteiger partial charge in [0.2, 0.25) is 0 Å². The predicted molar refractivity (Wildman–Crippen MR) is 88.7 cm³/mol. The molecule has 0 spiro atoms. The fourth-order valence-corrected chi connectivity index (χ4v) is 2.19. The van der Waals surface area contributed by atoms with Crippen molar-refractivity contribution in [3.05, 3.63) is 18.1 Å². The van der Waals surface area contributed by atoms with Gasteiger partial charge >= 0.3 is 0 Å². The first-order chi connectivity index (χ1) is 11.1. The van der Waals surface area contributed by atoms with E-state index in [1.807, 2.05) is 19.0 Å². The first-order valence-corrected chi connectivity index (χ1v) is 7.94. The summed E-state index contributed by atoms with van der Waals surface area (Å²) in [5.74, 6) is 0.488. The molecule has 8 nitrogen and oxygen atoms in total. The zero-order valence-electron chi connectivity index (χ0n) is 13.9. The highest BCUT2D eigenvalue weighted by molar-refractivity contribution is 5.91. The zero-order chi connectivity index (χ0) is 16.5. The van der Waals surface area contributed by atoms with Crippen molar-refractivity contribution in [2.45, 2.75) is 0 Å². The smallest absolute Gasteiger partial charge is 0.271 e. The summed E-state index contributed by atoms with van der Waals surface area (Å²) in [7, 11) is 3.92. The fourth-order valence-electron chi connectivity index (χ4n) is 2.19. The van der Waals surface area contributed by atoms with Crippen molar-refractivity contribution in [3.8, 4) is 0 Å². The summed E-state index contributed by atoms with van der Waals surface area (Å²) in [6, 6.07) is 0. The Morgan fingerprint density at radius 1 is 1.26 bits per heavy atom. The van der Waals surface area contributed by atoms with Gasteiger partial charge in [-0.1, -0.05) is 0 Å². The van der Waals surface area contributed by atoms with Crippen molar-refractivity contribution in [3.63, 3.8) is 0 Å². The maximum Gasteiger partial charge on any atom is 0.271 e. The van der Waals surface area contributed by atoms with Crippen LogP contribution >= 0.6 is 0 Å². The van der Waals surface area contributed by atoms with Gasteiger partial charge in [0.05, 0.1) is 25.6 Å². The molecule has 2 N–H and O–H groups in total. The highest BCUT2D eigenvalue weighted by atomic mass is 16.5. The van der Waals surface area contributed by atoms with Crippen molar-refractivity contribution in [1.29, 1.82) is 0 Å². The number of morpholine rings is 1. The van der Waals surface area contributed by atoms with Crippen LogP contribution in [-0.4, -0.2) is 92.3 Å². The number of nitrogens with one attached hydrogen (secondary N) is 2. The van der Waals surface area contributed by atoms with E-state index in [1.54, 1.807) is 6.20 Å². The summed E-state index contributed by atoms with van der Waals surface area (Å²) in [6.07, 6.45) is 3.10. The second kappa shape index (κ2) is 9.39. The first-order valence-electron chi connectivity index (χ1n) is 7.94. The summed E-state index contributed by atoms with van der Waals surface area (Å²) in [6.45, 7) is 6.67. The van der Waals surface area contributed by atoms with Gasteiger partial charge in [0.25, 0.3) is 5.91 Å². The summed E-state index contributed by atoms with van der Waals surface area (Å²) < 4.78 is 5.32. The van der Waals surface area contributed by atoms with Crippen molar-refractivity contribution in [2.75, 3.05) is 71.9 Å². The minimum Gasteiger partial charge on any atom is -0.379 e. The molecule has 0 bridgehead atoms. The van der Waals surface area contributed by atoms with Gasteiger partial charge in [-0.05, 0) is 14.1 Å². The molecule has 0 atom stereocenters. The van der Waals surface area contributed by atoms with Gasteiger partial charge < -0.3 is 20.3 Å². The number of hydrogen-bond donors (Lipinski definition) is 2. The number of hydrogen-bond acceptors (Lipinski definition) is 7. The van der Waals surface area contributed by atoms with Crippen molar-refractivity contribution in [1.82, 2.24) is 25.1 Å². The van der Waals surface area contributed by atoms with E-state index in [2.05, 4.69) is 25.5 Å². The number of nitrogens with zero attached hydrogens (tertiary/aromatic N) is 4. The number of ether oxygens (including phenoxy) is 1. The van der Waals surface area contributed by atoms with E-state index < -0.39 is 0 Å².